The van der Waals surface area contributed by atoms with Gasteiger partial charge in [-0.25, -0.2) is 0 Å². The molecule has 5 heteroatoms. The maximum atomic E-state index is 10.7. The van der Waals surface area contributed by atoms with Crippen LogP contribution in [0.4, 0.5) is 0 Å². The van der Waals surface area contributed by atoms with Crippen LogP contribution in [-0.4, -0.2) is 24.4 Å². The summed E-state index contributed by atoms with van der Waals surface area (Å²) in [5, 5.41) is 4.05. The third-order valence-corrected chi connectivity index (χ3v) is 3.67. The van der Waals surface area contributed by atoms with Crippen molar-refractivity contribution in [1.82, 2.24) is 0 Å². The van der Waals surface area contributed by atoms with E-state index >= 15 is 0 Å². The van der Waals surface area contributed by atoms with Crippen LogP contribution in [-0.2, 0) is 20.8 Å². The average molecular weight is 359 g/mol. The number of esters is 1. The fraction of sp³-hybridized carbons (Fsp3) is 0.385. The van der Waals surface area contributed by atoms with Gasteiger partial charge in [0.25, 0.3) is 0 Å². The monoisotopic (exact) mass is 359 g/mol. The Morgan fingerprint density at radius 2 is 2.33 bits per heavy atom. The molecule has 0 aliphatic carbocycles. The maximum absolute atomic E-state index is 10.7. The van der Waals surface area contributed by atoms with E-state index in [1.807, 2.05) is 12.1 Å². The third kappa shape index (κ3) is 3.69. The Labute approximate surface area is 119 Å². The molecule has 1 heterocycles. The van der Waals surface area contributed by atoms with Crippen LogP contribution >= 0.6 is 22.6 Å². The summed E-state index contributed by atoms with van der Waals surface area (Å²) < 4.78 is 6.13. The first-order valence-corrected chi connectivity index (χ1v) is 6.81. The number of hydrogen-bond acceptors (Lipinski definition) is 4. The molecule has 1 unspecified atom stereocenters. The molecule has 1 aromatic carbocycles. The average Bonchev–Trinajstić information content (AvgIpc) is 2.77. The number of oxime groups is 1. The van der Waals surface area contributed by atoms with E-state index in [9.17, 15) is 4.79 Å². The second-order valence-electron chi connectivity index (χ2n) is 4.16. The fourth-order valence-corrected chi connectivity index (χ4v) is 2.33. The molecule has 0 amide bonds. The molecule has 0 fully saturated rings. The number of ether oxygens (including phenoxy) is 1. The van der Waals surface area contributed by atoms with Crippen molar-refractivity contribution < 1.29 is 14.4 Å². The quantitative estimate of drug-likeness (QED) is 0.613. The van der Waals surface area contributed by atoms with E-state index in [1.165, 1.54) is 16.1 Å². The van der Waals surface area contributed by atoms with Crippen LogP contribution in [0.2, 0.25) is 0 Å². The minimum atomic E-state index is -0.287. The zero-order valence-electron chi connectivity index (χ0n) is 10.1. The molecule has 1 aliphatic rings. The van der Waals surface area contributed by atoms with Crippen LogP contribution in [0.25, 0.3) is 0 Å². The van der Waals surface area contributed by atoms with E-state index in [4.69, 9.17) is 9.57 Å². The Bertz CT molecular complexity index is 473. The number of hydrogen-bond donors (Lipinski definition) is 0. The Hall–Kier alpha value is -1.11. The third-order valence-electron chi connectivity index (χ3n) is 2.62. The summed E-state index contributed by atoms with van der Waals surface area (Å²) in [6.07, 6.45) is 1.37. The summed E-state index contributed by atoms with van der Waals surface area (Å²) in [6.45, 7) is 1.66. The predicted octanol–water partition coefficient (Wildman–Crippen LogP) is 2.54. The number of nitrogens with zero attached hydrogens (tertiary/aromatic N) is 1. The van der Waals surface area contributed by atoms with Crippen molar-refractivity contribution in [1.29, 1.82) is 0 Å². The van der Waals surface area contributed by atoms with Gasteiger partial charge in [0.15, 0.2) is 6.10 Å². The standard InChI is InChI=1S/C13H14INO3/c1-9(16)17-8-12-7-11(15-18-12)6-10-4-2-3-5-13(10)14/h2-5,12H,6-8H2,1H3. The van der Waals surface area contributed by atoms with Gasteiger partial charge in [-0.15, -0.1) is 0 Å². The highest BCUT2D eigenvalue weighted by Crippen LogP contribution is 2.18. The number of halogens is 1. The van der Waals surface area contributed by atoms with Crippen LogP contribution in [0.15, 0.2) is 29.4 Å². The molecule has 0 spiro atoms. The van der Waals surface area contributed by atoms with Gasteiger partial charge in [-0.3, -0.25) is 4.79 Å². The summed E-state index contributed by atoms with van der Waals surface area (Å²) in [5.74, 6) is -0.287. The normalized spacial score (nSPS) is 18.1. The van der Waals surface area contributed by atoms with Gasteiger partial charge < -0.3 is 9.57 Å². The van der Waals surface area contributed by atoms with E-state index < -0.39 is 0 Å². The van der Waals surface area contributed by atoms with Crippen LogP contribution in [0.1, 0.15) is 18.9 Å². The highest BCUT2D eigenvalue weighted by atomic mass is 127. The molecule has 2 rings (SSSR count). The van der Waals surface area contributed by atoms with Crippen LogP contribution in [0.3, 0.4) is 0 Å². The molecule has 0 N–H and O–H groups in total. The second-order valence-corrected chi connectivity index (χ2v) is 5.32. The Balaban J connectivity index is 1.86. The molecule has 0 saturated heterocycles. The molecule has 0 bridgehead atoms. The second kappa shape index (κ2) is 6.17. The maximum Gasteiger partial charge on any atom is 0.302 e. The predicted molar refractivity (Wildman–Crippen MR) is 76.4 cm³/mol. The molecule has 4 nitrogen and oxygen atoms in total. The minimum Gasteiger partial charge on any atom is -0.462 e. The first kappa shape index (κ1) is 13.3. The lowest BCUT2D eigenvalue weighted by molar-refractivity contribution is -0.144. The van der Waals surface area contributed by atoms with Gasteiger partial charge in [0, 0.05) is 23.3 Å². The SMILES string of the molecule is CC(=O)OCC1CC(Cc2ccccc2I)=NO1. The van der Waals surface area contributed by atoms with Crippen molar-refractivity contribution in [2.24, 2.45) is 5.16 Å². The van der Waals surface area contributed by atoms with Crippen LogP contribution < -0.4 is 0 Å². The summed E-state index contributed by atoms with van der Waals surface area (Å²) in [7, 11) is 0. The molecule has 0 radical (unpaired) electrons. The first-order chi connectivity index (χ1) is 8.65. The van der Waals surface area contributed by atoms with Gasteiger partial charge in [-0.05, 0) is 34.2 Å². The van der Waals surface area contributed by atoms with Gasteiger partial charge in [0.05, 0.1) is 5.71 Å². The topological polar surface area (TPSA) is 47.9 Å². The minimum absolute atomic E-state index is 0.134. The number of benzene rings is 1. The molecule has 18 heavy (non-hydrogen) atoms. The van der Waals surface area contributed by atoms with Gasteiger partial charge >= 0.3 is 5.97 Å². The zero-order valence-corrected chi connectivity index (χ0v) is 12.2. The van der Waals surface area contributed by atoms with Crippen molar-refractivity contribution >= 4 is 34.3 Å². The molecular formula is C13H14INO3. The summed E-state index contributed by atoms with van der Waals surface area (Å²) in [4.78, 5) is 15.9. The molecule has 96 valence electrons. The van der Waals surface area contributed by atoms with Gasteiger partial charge in [-0.1, -0.05) is 23.4 Å². The van der Waals surface area contributed by atoms with Crippen molar-refractivity contribution in [3.05, 3.63) is 33.4 Å². The summed E-state index contributed by atoms with van der Waals surface area (Å²) >= 11 is 2.31. The Morgan fingerprint density at radius 1 is 1.56 bits per heavy atom. The summed E-state index contributed by atoms with van der Waals surface area (Å²) in [6, 6.07) is 8.19. The number of rotatable bonds is 4. The van der Waals surface area contributed by atoms with Gasteiger partial charge in [-0.2, -0.15) is 0 Å². The largest absolute Gasteiger partial charge is 0.462 e. The van der Waals surface area contributed by atoms with Crippen LogP contribution in [0, 0.1) is 3.57 Å². The molecule has 0 aromatic heterocycles. The fourth-order valence-electron chi connectivity index (χ4n) is 1.75. The first-order valence-electron chi connectivity index (χ1n) is 5.73. The molecule has 1 aromatic rings. The van der Waals surface area contributed by atoms with Crippen molar-refractivity contribution in [3.63, 3.8) is 0 Å². The Morgan fingerprint density at radius 3 is 3.06 bits per heavy atom. The smallest absolute Gasteiger partial charge is 0.302 e. The van der Waals surface area contributed by atoms with E-state index in [-0.39, 0.29) is 18.7 Å². The molecule has 0 saturated carbocycles. The van der Waals surface area contributed by atoms with Crippen LogP contribution in [0.5, 0.6) is 0 Å². The number of carbonyl (C=O) groups is 1. The molecule has 1 atom stereocenters. The number of carbonyl (C=O) groups excluding carboxylic acids is 1. The van der Waals surface area contributed by atoms with Crippen molar-refractivity contribution in [2.75, 3.05) is 6.61 Å². The van der Waals surface area contributed by atoms with Crippen molar-refractivity contribution in [2.45, 2.75) is 25.9 Å². The molecular weight excluding hydrogens is 345 g/mol. The van der Waals surface area contributed by atoms with E-state index in [0.717, 1.165) is 18.6 Å². The zero-order chi connectivity index (χ0) is 13.0. The lowest BCUT2D eigenvalue weighted by Crippen LogP contribution is -2.18. The van der Waals surface area contributed by atoms with Gasteiger partial charge in [0.1, 0.15) is 6.61 Å². The van der Waals surface area contributed by atoms with E-state index in [0.29, 0.717) is 0 Å². The lowest BCUT2D eigenvalue weighted by atomic mass is 10.0. The Kier molecular flexibility index (Phi) is 4.57. The lowest BCUT2D eigenvalue weighted by Gasteiger charge is -2.07. The van der Waals surface area contributed by atoms with Gasteiger partial charge in [0.2, 0.25) is 0 Å². The molecule has 1 aliphatic heterocycles. The van der Waals surface area contributed by atoms with E-state index in [1.54, 1.807) is 0 Å². The summed E-state index contributed by atoms with van der Waals surface area (Å²) in [5.41, 5.74) is 2.24. The van der Waals surface area contributed by atoms with Crippen molar-refractivity contribution in [3.8, 4) is 0 Å². The highest BCUT2D eigenvalue weighted by Gasteiger charge is 2.22. The highest BCUT2D eigenvalue weighted by molar-refractivity contribution is 14.1. The van der Waals surface area contributed by atoms with E-state index in [2.05, 4.69) is 39.9 Å².